The first-order valence-corrected chi connectivity index (χ1v) is 16.0. The molecule has 0 bridgehead atoms. The van der Waals surface area contributed by atoms with E-state index >= 15 is 0 Å². The zero-order valence-corrected chi connectivity index (χ0v) is 25.2. The van der Waals surface area contributed by atoms with Crippen molar-refractivity contribution in [1.29, 1.82) is 0 Å². The molecule has 0 spiro atoms. The number of carbonyl (C=O) groups excluding carboxylic acids is 2. The third-order valence-electron chi connectivity index (χ3n) is 7.22. The van der Waals surface area contributed by atoms with Crippen molar-refractivity contribution in [2.45, 2.75) is 52.1 Å². The molecule has 0 saturated carbocycles. The molecule has 3 aromatic carbocycles. The SMILES string of the molecule is CCCNC(=O)[C@H](Cc1ccccc1)N(Cc1ccccc1C)C(=O)CCCN(c1ccc2c(c1)OCO2)S(C)(=O)=O. The Morgan fingerprint density at radius 2 is 1.69 bits per heavy atom. The van der Waals surface area contributed by atoms with Gasteiger partial charge in [-0.15, -0.1) is 0 Å². The fourth-order valence-electron chi connectivity index (χ4n) is 4.94. The molecule has 1 atom stereocenters. The van der Waals surface area contributed by atoms with E-state index in [1.165, 1.54) is 4.31 Å². The maximum Gasteiger partial charge on any atom is 0.243 e. The van der Waals surface area contributed by atoms with E-state index < -0.39 is 16.1 Å². The number of nitrogens with one attached hydrogen (secondary N) is 1. The normalized spacial score (nSPS) is 12.9. The standard InChI is InChI=1S/C32H39N3O6S/c1-4-18-33-32(37)28(20-25-12-6-5-7-13-25)34(22-26-14-9-8-11-24(26)2)31(36)15-10-19-35(42(3,38)39)27-16-17-29-30(21-27)41-23-40-29/h5-9,11-14,16-17,21,28H,4,10,15,18-20,22-23H2,1-3H3,(H,33,37)/t28-/m0/s1. The zero-order chi connectivity index (χ0) is 30.1. The highest BCUT2D eigenvalue weighted by atomic mass is 32.2. The molecule has 10 heteroatoms. The fraction of sp³-hybridized carbons (Fsp3) is 0.375. The molecule has 0 fully saturated rings. The van der Waals surface area contributed by atoms with Crippen molar-refractivity contribution in [3.05, 3.63) is 89.5 Å². The lowest BCUT2D eigenvalue weighted by atomic mass is 10.0. The fourth-order valence-corrected chi connectivity index (χ4v) is 5.89. The first kappa shape index (κ1) is 30.9. The van der Waals surface area contributed by atoms with Gasteiger partial charge in [-0.05, 0) is 48.6 Å². The predicted octanol–water partition coefficient (Wildman–Crippen LogP) is 4.44. The molecule has 4 rings (SSSR count). The van der Waals surface area contributed by atoms with Crippen LogP contribution in [0.1, 0.15) is 42.9 Å². The van der Waals surface area contributed by atoms with Crippen LogP contribution in [0.25, 0.3) is 0 Å². The number of aryl methyl sites for hydroxylation is 1. The maximum absolute atomic E-state index is 13.9. The van der Waals surface area contributed by atoms with Gasteiger partial charge in [0.15, 0.2) is 11.5 Å². The monoisotopic (exact) mass is 593 g/mol. The van der Waals surface area contributed by atoms with Crippen LogP contribution in [0.15, 0.2) is 72.8 Å². The van der Waals surface area contributed by atoms with E-state index in [0.29, 0.717) is 30.2 Å². The number of sulfonamides is 1. The Morgan fingerprint density at radius 1 is 0.976 bits per heavy atom. The molecular weight excluding hydrogens is 554 g/mol. The average Bonchev–Trinajstić information content (AvgIpc) is 3.44. The topological polar surface area (TPSA) is 105 Å². The molecule has 0 radical (unpaired) electrons. The lowest BCUT2D eigenvalue weighted by Gasteiger charge is -2.32. The third-order valence-corrected chi connectivity index (χ3v) is 8.41. The first-order chi connectivity index (χ1) is 20.2. The molecule has 42 heavy (non-hydrogen) atoms. The van der Waals surface area contributed by atoms with Crippen molar-refractivity contribution in [3.8, 4) is 11.5 Å². The Morgan fingerprint density at radius 3 is 2.40 bits per heavy atom. The van der Waals surface area contributed by atoms with Crippen molar-refractivity contribution in [1.82, 2.24) is 10.2 Å². The quantitative estimate of drug-likeness (QED) is 0.297. The molecule has 9 nitrogen and oxygen atoms in total. The van der Waals surface area contributed by atoms with Gasteiger partial charge in [0.05, 0.1) is 11.9 Å². The molecule has 0 aliphatic carbocycles. The summed E-state index contributed by atoms with van der Waals surface area (Å²) in [6.45, 7) is 4.91. The molecule has 0 unspecified atom stereocenters. The molecule has 1 aliphatic heterocycles. The number of hydrogen-bond acceptors (Lipinski definition) is 6. The van der Waals surface area contributed by atoms with Crippen molar-refractivity contribution in [2.75, 3.05) is 30.4 Å². The van der Waals surface area contributed by atoms with Crippen LogP contribution in [-0.2, 0) is 32.6 Å². The van der Waals surface area contributed by atoms with Crippen LogP contribution in [0, 0.1) is 6.92 Å². The lowest BCUT2D eigenvalue weighted by Crippen LogP contribution is -2.50. The molecule has 3 aromatic rings. The molecule has 2 amide bonds. The van der Waals surface area contributed by atoms with Crippen LogP contribution in [0.5, 0.6) is 11.5 Å². The van der Waals surface area contributed by atoms with Crippen LogP contribution in [0.2, 0.25) is 0 Å². The van der Waals surface area contributed by atoms with Crippen molar-refractivity contribution in [3.63, 3.8) is 0 Å². The van der Waals surface area contributed by atoms with E-state index in [0.717, 1.165) is 29.4 Å². The van der Waals surface area contributed by atoms with Gasteiger partial charge in [0.2, 0.25) is 28.6 Å². The number of nitrogens with zero attached hydrogens (tertiary/aromatic N) is 2. The molecule has 1 aliphatic rings. The van der Waals surface area contributed by atoms with E-state index in [4.69, 9.17) is 9.47 Å². The molecule has 0 saturated heterocycles. The van der Waals surface area contributed by atoms with Gasteiger partial charge in [-0.1, -0.05) is 61.5 Å². The summed E-state index contributed by atoms with van der Waals surface area (Å²) >= 11 is 0. The Kier molecular flexibility index (Phi) is 10.5. The summed E-state index contributed by atoms with van der Waals surface area (Å²) in [6, 6.07) is 21.7. The number of rotatable bonds is 14. The summed E-state index contributed by atoms with van der Waals surface area (Å²) in [7, 11) is -3.64. The minimum atomic E-state index is -3.64. The van der Waals surface area contributed by atoms with Gasteiger partial charge in [0.1, 0.15) is 6.04 Å². The largest absolute Gasteiger partial charge is 0.454 e. The average molecular weight is 594 g/mol. The van der Waals surface area contributed by atoms with Crippen molar-refractivity contribution < 1.29 is 27.5 Å². The van der Waals surface area contributed by atoms with Gasteiger partial charge < -0.3 is 19.7 Å². The Balaban J connectivity index is 1.57. The Hall–Kier alpha value is -4.05. The van der Waals surface area contributed by atoms with Gasteiger partial charge in [-0.2, -0.15) is 0 Å². The van der Waals surface area contributed by atoms with Gasteiger partial charge in [0.25, 0.3) is 0 Å². The Bertz CT molecular complexity index is 1480. The summed E-state index contributed by atoms with van der Waals surface area (Å²) in [6.07, 6.45) is 2.60. The van der Waals surface area contributed by atoms with Crippen LogP contribution in [0.4, 0.5) is 5.69 Å². The van der Waals surface area contributed by atoms with E-state index in [1.54, 1.807) is 23.1 Å². The van der Waals surface area contributed by atoms with Crippen LogP contribution >= 0.6 is 0 Å². The highest BCUT2D eigenvalue weighted by Crippen LogP contribution is 2.36. The van der Waals surface area contributed by atoms with E-state index in [9.17, 15) is 18.0 Å². The minimum Gasteiger partial charge on any atom is -0.454 e. The third kappa shape index (κ3) is 8.03. The first-order valence-electron chi connectivity index (χ1n) is 14.2. The minimum absolute atomic E-state index is 0.0643. The second kappa shape index (κ2) is 14.2. The second-order valence-corrected chi connectivity index (χ2v) is 12.3. The second-order valence-electron chi connectivity index (χ2n) is 10.4. The summed E-state index contributed by atoms with van der Waals surface area (Å²) in [5, 5.41) is 2.98. The molecule has 1 heterocycles. The maximum atomic E-state index is 13.9. The number of carbonyl (C=O) groups is 2. The van der Waals surface area contributed by atoms with Crippen molar-refractivity contribution >= 4 is 27.5 Å². The van der Waals surface area contributed by atoms with E-state index in [-0.39, 0.29) is 44.5 Å². The van der Waals surface area contributed by atoms with E-state index in [1.807, 2.05) is 68.4 Å². The van der Waals surface area contributed by atoms with Gasteiger partial charge in [0, 0.05) is 38.5 Å². The van der Waals surface area contributed by atoms with E-state index in [2.05, 4.69) is 5.32 Å². The van der Waals surface area contributed by atoms with Gasteiger partial charge >= 0.3 is 0 Å². The number of ether oxygens (including phenoxy) is 2. The number of benzene rings is 3. The van der Waals surface area contributed by atoms with Crippen LogP contribution in [-0.4, -0.2) is 57.3 Å². The molecule has 1 N–H and O–H groups in total. The molecule has 0 aromatic heterocycles. The molecule has 224 valence electrons. The number of hydrogen-bond donors (Lipinski definition) is 1. The number of amides is 2. The summed E-state index contributed by atoms with van der Waals surface area (Å²) in [4.78, 5) is 29.1. The van der Waals surface area contributed by atoms with Crippen molar-refractivity contribution in [2.24, 2.45) is 0 Å². The highest BCUT2D eigenvalue weighted by molar-refractivity contribution is 7.92. The summed E-state index contributed by atoms with van der Waals surface area (Å²) in [5.41, 5.74) is 3.36. The number of fused-ring (bicyclic) bond motifs is 1. The number of anilines is 1. The van der Waals surface area contributed by atoms with Crippen LogP contribution < -0.4 is 19.1 Å². The lowest BCUT2D eigenvalue weighted by molar-refractivity contribution is -0.141. The van der Waals surface area contributed by atoms with Crippen LogP contribution in [0.3, 0.4) is 0 Å². The molecular formula is C32H39N3O6S. The van der Waals surface area contributed by atoms with Gasteiger partial charge in [-0.25, -0.2) is 8.42 Å². The summed E-state index contributed by atoms with van der Waals surface area (Å²) < 4.78 is 37.5. The zero-order valence-electron chi connectivity index (χ0n) is 24.4. The summed E-state index contributed by atoms with van der Waals surface area (Å²) in [5.74, 6) is 0.606. The van der Waals surface area contributed by atoms with Gasteiger partial charge in [-0.3, -0.25) is 13.9 Å². The Labute approximate surface area is 248 Å². The predicted molar refractivity (Wildman–Crippen MR) is 163 cm³/mol. The highest BCUT2D eigenvalue weighted by Gasteiger charge is 2.31. The smallest absolute Gasteiger partial charge is 0.243 e.